The van der Waals surface area contributed by atoms with Gasteiger partial charge >= 0.3 is 0 Å². The highest BCUT2D eigenvalue weighted by atomic mass is 32.1. The summed E-state index contributed by atoms with van der Waals surface area (Å²) >= 11 is 1.67. The van der Waals surface area contributed by atoms with Crippen molar-refractivity contribution in [2.24, 2.45) is 0 Å². The summed E-state index contributed by atoms with van der Waals surface area (Å²) in [5, 5.41) is 1.01. The molecule has 26 heavy (non-hydrogen) atoms. The number of anilines is 1. The van der Waals surface area contributed by atoms with E-state index >= 15 is 0 Å². The Bertz CT molecular complexity index is 945. The standard InChI is InChI=1S/C20H21N3O2S/c1-14-4-3-5-15(12-14)19(24)22-8-10-23(11-9-22)20-21-17-7-6-16(25-2)13-18(17)26-20/h3-7,12-13H,8-11H2,1-2H3. The predicted molar refractivity (Wildman–Crippen MR) is 105 cm³/mol. The van der Waals surface area contributed by atoms with E-state index in [4.69, 9.17) is 9.72 Å². The van der Waals surface area contributed by atoms with Crippen molar-refractivity contribution in [1.29, 1.82) is 0 Å². The summed E-state index contributed by atoms with van der Waals surface area (Å²) in [5.41, 5.74) is 2.87. The number of rotatable bonds is 3. The van der Waals surface area contributed by atoms with Gasteiger partial charge in [0, 0.05) is 31.7 Å². The maximum absolute atomic E-state index is 12.7. The summed E-state index contributed by atoms with van der Waals surface area (Å²) < 4.78 is 6.41. The van der Waals surface area contributed by atoms with Gasteiger partial charge in [-0.3, -0.25) is 4.79 Å². The molecule has 6 heteroatoms. The van der Waals surface area contributed by atoms with Crippen LogP contribution in [0.4, 0.5) is 5.13 Å². The maximum Gasteiger partial charge on any atom is 0.253 e. The van der Waals surface area contributed by atoms with Gasteiger partial charge in [-0.1, -0.05) is 29.0 Å². The molecule has 1 fully saturated rings. The molecule has 0 bridgehead atoms. The fourth-order valence-corrected chi connectivity index (χ4v) is 4.26. The van der Waals surface area contributed by atoms with Gasteiger partial charge in [0.1, 0.15) is 5.75 Å². The Morgan fingerprint density at radius 2 is 1.92 bits per heavy atom. The smallest absolute Gasteiger partial charge is 0.253 e. The van der Waals surface area contributed by atoms with Crippen molar-refractivity contribution in [2.75, 3.05) is 38.2 Å². The van der Waals surface area contributed by atoms with Crippen LogP contribution in [0.3, 0.4) is 0 Å². The van der Waals surface area contributed by atoms with Gasteiger partial charge in [0.2, 0.25) is 0 Å². The zero-order valence-electron chi connectivity index (χ0n) is 14.9. The van der Waals surface area contributed by atoms with Crippen molar-refractivity contribution in [3.05, 3.63) is 53.6 Å². The highest BCUT2D eigenvalue weighted by Gasteiger charge is 2.24. The second kappa shape index (κ2) is 6.96. The second-order valence-electron chi connectivity index (χ2n) is 6.48. The lowest BCUT2D eigenvalue weighted by Crippen LogP contribution is -2.48. The van der Waals surface area contributed by atoms with Gasteiger partial charge < -0.3 is 14.5 Å². The number of methoxy groups -OCH3 is 1. The third-order valence-corrected chi connectivity index (χ3v) is 5.77. The van der Waals surface area contributed by atoms with Gasteiger partial charge in [-0.25, -0.2) is 4.98 Å². The average Bonchev–Trinajstić information content (AvgIpc) is 3.10. The molecule has 0 atom stereocenters. The number of fused-ring (bicyclic) bond motifs is 1. The van der Waals surface area contributed by atoms with Gasteiger partial charge in [-0.05, 0) is 37.3 Å². The Morgan fingerprint density at radius 1 is 1.12 bits per heavy atom. The molecule has 1 aliphatic rings. The highest BCUT2D eigenvalue weighted by Crippen LogP contribution is 2.31. The number of benzene rings is 2. The zero-order chi connectivity index (χ0) is 18.1. The van der Waals surface area contributed by atoms with E-state index in [1.54, 1.807) is 18.4 Å². The van der Waals surface area contributed by atoms with E-state index in [-0.39, 0.29) is 5.91 Å². The Labute approximate surface area is 156 Å². The fraction of sp³-hybridized carbons (Fsp3) is 0.300. The Morgan fingerprint density at radius 3 is 2.65 bits per heavy atom. The molecule has 1 aromatic heterocycles. The first-order valence-corrected chi connectivity index (χ1v) is 9.51. The van der Waals surface area contributed by atoms with Crippen LogP contribution in [0.25, 0.3) is 10.2 Å². The van der Waals surface area contributed by atoms with Crippen molar-refractivity contribution < 1.29 is 9.53 Å². The monoisotopic (exact) mass is 367 g/mol. The number of nitrogens with zero attached hydrogens (tertiary/aromatic N) is 3. The van der Waals surface area contributed by atoms with Crippen molar-refractivity contribution in [3.8, 4) is 5.75 Å². The van der Waals surface area contributed by atoms with E-state index in [0.717, 1.165) is 45.3 Å². The van der Waals surface area contributed by atoms with Gasteiger partial charge in [0.15, 0.2) is 5.13 Å². The lowest BCUT2D eigenvalue weighted by molar-refractivity contribution is 0.0746. The second-order valence-corrected chi connectivity index (χ2v) is 7.49. The van der Waals surface area contributed by atoms with E-state index in [1.165, 1.54) is 0 Å². The molecule has 1 amide bonds. The maximum atomic E-state index is 12.7. The minimum absolute atomic E-state index is 0.113. The Hall–Kier alpha value is -2.60. The van der Waals surface area contributed by atoms with Crippen LogP contribution in [0.2, 0.25) is 0 Å². The number of hydrogen-bond acceptors (Lipinski definition) is 5. The quantitative estimate of drug-likeness (QED) is 0.710. The number of amides is 1. The number of aromatic nitrogens is 1. The minimum Gasteiger partial charge on any atom is -0.497 e. The first kappa shape index (κ1) is 16.8. The molecule has 0 spiro atoms. The van der Waals surface area contributed by atoms with Crippen LogP contribution in [0.5, 0.6) is 5.75 Å². The SMILES string of the molecule is COc1ccc2nc(N3CCN(C(=O)c4cccc(C)c4)CC3)sc2c1. The Kier molecular flexibility index (Phi) is 4.51. The molecule has 4 rings (SSSR count). The Balaban J connectivity index is 1.45. The molecule has 1 aliphatic heterocycles. The molecule has 2 aromatic carbocycles. The number of thiazole rings is 1. The summed E-state index contributed by atoms with van der Waals surface area (Å²) in [7, 11) is 1.67. The topological polar surface area (TPSA) is 45.7 Å². The van der Waals surface area contributed by atoms with Crippen molar-refractivity contribution in [1.82, 2.24) is 9.88 Å². The van der Waals surface area contributed by atoms with Crippen molar-refractivity contribution in [3.63, 3.8) is 0 Å². The summed E-state index contributed by atoms with van der Waals surface area (Å²) in [5.74, 6) is 0.962. The van der Waals surface area contributed by atoms with Crippen molar-refractivity contribution in [2.45, 2.75) is 6.92 Å². The largest absolute Gasteiger partial charge is 0.497 e. The molecule has 0 aliphatic carbocycles. The molecule has 2 heterocycles. The lowest BCUT2D eigenvalue weighted by atomic mass is 10.1. The third-order valence-electron chi connectivity index (χ3n) is 4.69. The molecule has 134 valence electrons. The predicted octanol–water partition coefficient (Wildman–Crippen LogP) is 3.58. The van der Waals surface area contributed by atoms with Gasteiger partial charge in [-0.15, -0.1) is 0 Å². The van der Waals surface area contributed by atoms with Crippen molar-refractivity contribution >= 4 is 32.6 Å². The summed E-state index contributed by atoms with van der Waals surface area (Å²) in [6.07, 6.45) is 0. The molecular formula is C20H21N3O2S. The average molecular weight is 367 g/mol. The fourth-order valence-electron chi connectivity index (χ4n) is 3.22. The number of carbonyl (C=O) groups is 1. The molecule has 5 nitrogen and oxygen atoms in total. The molecular weight excluding hydrogens is 346 g/mol. The van der Waals surface area contributed by atoms with Crippen LogP contribution >= 0.6 is 11.3 Å². The molecule has 0 N–H and O–H groups in total. The van der Waals surface area contributed by atoms with E-state index in [2.05, 4.69) is 4.90 Å². The number of hydrogen-bond donors (Lipinski definition) is 0. The third kappa shape index (κ3) is 3.24. The number of carbonyl (C=O) groups excluding carboxylic acids is 1. The number of piperazine rings is 1. The summed E-state index contributed by atoms with van der Waals surface area (Å²) in [6.45, 7) is 5.04. The summed E-state index contributed by atoms with van der Waals surface area (Å²) in [4.78, 5) is 21.6. The molecule has 1 saturated heterocycles. The first-order valence-electron chi connectivity index (χ1n) is 8.69. The highest BCUT2D eigenvalue weighted by molar-refractivity contribution is 7.22. The normalized spacial score (nSPS) is 14.7. The van der Waals surface area contributed by atoms with Gasteiger partial charge in [0.05, 0.1) is 17.3 Å². The zero-order valence-corrected chi connectivity index (χ0v) is 15.8. The van der Waals surface area contributed by atoms with Gasteiger partial charge in [0.25, 0.3) is 5.91 Å². The number of aryl methyl sites for hydroxylation is 1. The lowest BCUT2D eigenvalue weighted by Gasteiger charge is -2.34. The van der Waals surface area contributed by atoms with Crippen LogP contribution in [-0.4, -0.2) is 49.1 Å². The summed E-state index contributed by atoms with van der Waals surface area (Å²) in [6, 6.07) is 13.7. The van der Waals surface area contributed by atoms with Crippen LogP contribution in [0, 0.1) is 6.92 Å². The minimum atomic E-state index is 0.113. The molecule has 0 saturated carbocycles. The van der Waals surface area contributed by atoms with E-state index in [0.29, 0.717) is 13.1 Å². The molecule has 0 unspecified atom stereocenters. The van der Waals surface area contributed by atoms with Crippen LogP contribution < -0.4 is 9.64 Å². The van der Waals surface area contributed by atoms with Crippen LogP contribution in [-0.2, 0) is 0 Å². The first-order chi connectivity index (χ1) is 12.6. The van der Waals surface area contributed by atoms with Crippen LogP contribution in [0.1, 0.15) is 15.9 Å². The van der Waals surface area contributed by atoms with E-state index in [1.807, 2.05) is 54.3 Å². The van der Waals surface area contributed by atoms with E-state index in [9.17, 15) is 4.79 Å². The molecule has 3 aromatic rings. The van der Waals surface area contributed by atoms with E-state index < -0.39 is 0 Å². The number of ether oxygens (including phenoxy) is 1. The van der Waals surface area contributed by atoms with Crippen LogP contribution in [0.15, 0.2) is 42.5 Å². The molecule has 0 radical (unpaired) electrons. The van der Waals surface area contributed by atoms with Gasteiger partial charge in [-0.2, -0.15) is 0 Å².